The predicted molar refractivity (Wildman–Crippen MR) is 71.4 cm³/mol. The molecule has 1 atom stereocenters. The molecule has 2 aromatic rings. The number of aromatic nitrogens is 1. The summed E-state index contributed by atoms with van der Waals surface area (Å²) in [6.45, 7) is 1.65. The molecule has 0 radical (unpaired) electrons. The van der Waals surface area contributed by atoms with Crippen molar-refractivity contribution in [2.75, 3.05) is 0 Å². The molecule has 0 fully saturated rings. The number of ether oxygens (including phenoxy) is 1. The van der Waals surface area contributed by atoms with Crippen molar-refractivity contribution in [2.45, 2.75) is 13.0 Å². The minimum Gasteiger partial charge on any atom is -0.454 e. The van der Waals surface area contributed by atoms with Gasteiger partial charge in [0.1, 0.15) is 11.5 Å². The Morgan fingerprint density at radius 2 is 2.00 bits per heavy atom. The number of hydrogen-bond donors (Lipinski definition) is 1. The highest BCUT2D eigenvalue weighted by Gasteiger charge is 2.06. The van der Waals surface area contributed by atoms with E-state index in [2.05, 4.69) is 4.98 Å². The van der Waals surface area contributed by atoms with Crippen LogP contribution in [0.3, 0.4) is 0 Å². The fourth-order valence-corrected chi connectivity index (χ4v) is 1.83. The molecule has 0 aliphatic rings. The highest BCUT2D eigenvalue weighted by atomic mass is 35.5. The average molecular weight is 284 g/mol. The first kappa shape index (κ1) is 13.1. The average Bonchev–Trinajstić information content (AvgIpc) is 2.33. The van der Waals surface area contributed by atoms with Gasteiger partial charge in [-0.25, -0.2) is 0 Å². The number of hydrogen-bond acceptors (Lipinski definition) is 3. The maximum atomic E-state index is 9.34. The number of aliphatic hydroxyl groups is 1. The summed E-state index contributed by atoms with van der Waals surface area (Å²) in [6, 6.07) is 8.41. The van der Waals surface area contributed by atoms with E-state index < -0.39 is 6.10 Å². The zero-order valence-corrected chi connectivity index (χ0v) is 11.1. The van der Waals surface area contributed by atoms with Gasteiger partial charge in [0.25, 0.3) is 0 Å². The number of benzene rings is 1. The van der Waals surface area contributed by atoms with Crippen molar-refractivity contribution >= 4 is 23.2 Å². The molecule has 5 heteroatoms. The quantitative estimate of drug-likeness (QED) is 0.916. The van der Waals surface area contributed by atoms with Gasteiger partial charge in [0.2, 0.25) is 0 Å². The van der Waals surface area contributed by atoms with E-state index in [0.29, 0.717) is 27.2 Å². The Morgan fingerprint density at radius 1 is 1.22 bits per heavy atom. The van der Waals surface area contributed by atoms with Gasteiger partial charge < -0.3 is 9.84 Å². The Hall–Kier alpha value is -1.29. The third kappa shape index (κ3) is 3.13. The van der Waals surface area contributed by atoms with Crippen LogP contribution >= 0.6 is 23.2 Å². The summed E-state index contributed by atoms with van der Waals surface area (Å²) in [5, 5.41) is 10.3. The van der Waals surface area contributed by atoms with Crippen LogP contribution in [0.25, 0.3) is 0 Å². The van der Waals surface area contributed by atoms with E-state index in [9.17, 15) is 5.11 Å². The maximum Gasteiger partial charge on any atom is 0.146 e. The van der Waals surface area contributed by atoms with Gasteiger partial charge in [-0.05, 0) is 37.3 Å². The molecule has 1 aromatic carbocycles. The molecule has 0 unspecified atom stereocenters. The van der Waals surface area contributed by atoms with Gasteiger partial charge in [0.05, 0.1) is 23.0 Å². The third-order valence-electron chi connectivity index (χ3n) is 2.31. The first-order valence-electron chi connectivity index (χ1n) is 5.33. The summed E-state index contributed by atoms with van der Waals surface area (Å²) in [4.78, 5) is 4.08. The third-order valence-corrected chi connectivity index (χ3v) is 2.84. The highest BCUT2D eigenvalue weighted by Crippen LogP contribution is 2.31. The Balaban J connectivity index is 2.18. The largest absolute Gasteiger partial charge is 0.454 e. The molecule has 3 nitrogen and oxygen atoms in total. The van der Waals surface area contributed by atoms with Crippen molar-refractivity contribution in [3.63, 3.8) is 0 Å². The van der Waals surface area contributed by atoms with Gasteiger partial charge in [0.15, 0.2) is 0 Å². The Bertz CT molecular complexity index is 541. The van der Waals surface area contributed by atoms with Gasteiger partial charge in [-0.3, -0.25) is 4.98 Å². The standard InChI is InChI=1S/C13H11Cl2NO2/c1-8(17)12-4-3-10(7-16-12)18-13-5-2-9(14)6-11(13)15/h2-8,17H,1H3/t8-/m0/s1. The molecule has 2 rings (SSSR count). The van der Waals surface area contributed by atoms with Crippen molar-refractivity contribution in [2.24, 2.45) is 0 Å². The molecule has 0 amide bonds. The van der Waals surface area contributed by atoms with Crippen molar-refractivity contribution in [3.05, 3.63) is 52.3 Å². The molecule has 1 N–H and O–H groups in total. The van der Waals surface area contributed by atoms with Gasteiger partial charge in [-0.15, -0.1) is 0 Å². The molecule has 0 saturated heterocycles. The van der Waals surface area contributed by atoms with Crippen molar-refractivity contribution in [1.82, 2.24) is 4.98 Å². The fraction of sp³-hybridized carbons (Fsp3) is 0.154. The van der Waals surface area contributed by atoms with Crippen LogP contribution in [0, 0.1) is 0 Å². The second-order valence-corrected chi connectivity index (χ2v) is 4.62. The van der Waals surface area contributed by atoms with E-state index in [-0.39, 0.29) is 0 Å². The Kier molecular flexibility index (Phi) is 4.07. The van der Waals surface area contributed by atoms with Gasteiger partial charge >= 0.3 is 0 Å². The molecule has 0 spiro atoms. The second-order valence-electron chi connectivity index (χ2n) is 3.77. The van der Waals surface area contributed by atoms with Crippen LogP contribution in [-0.2, 0) is 0 Å². The second kappa shape index (κ2) is 5.57. The lowest BCUT2D eigenvalue weighted by atomic mass is 10.2. The summed E-state index contributed by atoms with van der Waals surface area (Å²) < 4.78 is 5.56. The van der Waals surface area contributed by atoms with E-state index in [0.717, 1.165) is 0 Å². The number of pyridine rings is 1. The summed E-state index contributed by atoms with van der Waals surface area (Å²) in [6.07, 6.45) is 0.936. The lowest BCUT2D eigenvalue weighted by Gasteiger charge is -2.08. The van der Waals surface area contributed by atoms with E-state index in [1.807, 2.05) is 0 Å². The predicted octanol–water partition coefficient (Wildman–Crippen LogP) is 4.23. The molecule has 0 aliphatic carbocycles. The minimum atomic E-state index is -0.599. The van der Waals surface area contributed by atoms with Crippen LogP contribution in [0.15, 0.2) is 36.5 Å². The van der Waals surface area contributed by atoms with E-state index >= 15 is 0 Å². The number of rotatable bonds is 3. The van der Waals surface area contributed by atoms with Gasteiger partial charge in [-0.2, -0.15) is 0 Å². The summed E-state index contributed by atoms with van der Waals surface area (Å²) >= 11 is 11.8. The fourth-order valence-electron chi connectivity index (χ4n) is 1.38. The van der Waals surface area contributed by atoms with E-state index in [4.69, 9.17) is 27.9 Å². The van der Waals surface area contributed by atoms with Crippen molar-refractivity contribution in [1.29, 1.82) is 0 Å². The molecular formula is C13H11Cl2NO2. The highest BCUT2D eigenvalue weighted by molar-refractivity contribution is 6.35. The molecular weight excluding hydrogens is 273 g/mol. The van der Waals surface area contributed by atoms with Crippen molar-refractivity contribution in [3.8, 4) is 11.5 Å². The van der Waals surface area contributed by atoms with Crippen LogP contribution in [0.4, 0.5) is 0 Å². The molecule has 0 aliphatic heterocycles. The molecule has 94 valence electrons. The van der Waals surface area contributed by atoms with Crippen LogP contribution in [-0.4, -0.2) is 10.1 Å². The first-order valence-corrected chi connectivity index (χ1v) is 6.09. The first-order chi connectivity index (χ1) is 8.56. The van der Waals surface area contributed by atoms with E-state index in [1.54, 1.807) is 37.3 Å². The number of aliphatic hydroxyl groups excluding tert-OH is 1. The summed E-state index contributed by atoms with van der Waals surface area (Å²) in [5.74, 6) is 1.05. The van der Waals surface area contributed by atoms with Crippen molar-refractivity contribution < 1.29 is 9.84 Å². The van der Waals surface area contributed by atoms with Crippen LogP contribution in [0.1, 0.15) is 18.7 Å². The minimum absolute atomic E-state index is 0.433. The lowest BCUT2D eigenvalue weighted by Crippen LogP contribution is -1.95. The van der Waals surface area contributed by atoms with Gasteiger partial charge in [-0.1, -0.05) is 23.2 Å². The van der Waals surface area contributed by atoms with E-state index in [1.165, 1.54) is 6.20 Å². The smallest absolute Gasteiger partial charge is 0.146 e. The zero-order valence-electron chi connectivity index (χ0n) is 9.60. The number of halogens is 2. The monoisotopic (exact) mass is 283 g/mol. The van der Waals surface area contributed by atoms with Gasteiger partial charge in [0, 0.05) is 5.02 Å². The molecule has 18 heavy (non-hydrogen) atoms. The normalized spacial score (nSPS) is 12.2. The Morgan fingerprint density at radius 3 is 2.56 bits per heavy atom. The topological polar surface area (TPSA) is 42.4 Å². The van der Waals surface area contributed by atoms with Crippen LogP contribution < -0.4 is 4.74 Å². The lowest BCUT2D eigenvalue weighted by molar-refractivity contribution is 0.194. The Labute approximate surface area is 115 Å². The summed E-state index contributed by atoms with van der Waals surface area (Å²) in [5.41, 5.74) is 0.588. The molecule has 0 bridgehead atoms. The maximum absolute atomic E-state index is 9.34. The molecule has 1 aromatic heterocycles. The number of nitrogens with zero attached hydrogens (tertiary/aromatic N) is 1. The molecule has 1 heterocycles. The zero-order chi connectivity index (χ0) is 13.1. The summed E-state index contributed by atoms with van der Waals surface area (Å²) in [7, 11) is 0. The van der Waals surface area contributed by atoms with Crippen LogP contribution in [0.2, 0.25) is 10.0 Å². The molecule has 0 saturated carbocycles. The SMILES string of the molecule is C[C@H](O)c1ccc(Oc2ccc(Cl)cc2Cl)cn1. The van der Waals surface area contributed by atoms with Crippen LogP contribution in [0.5, 0.6) is 11.5 Å².